The first-order valence-corrected chi connectivity index (χ1v) is 7.05. The van der Waals surface area contributed by atoms with Crippen LogP contribution in [0.1, 0.15) is 22.8 Å². The molecule has 23 heavy (non-hydrogen) atoms. The van der Waals surface area contributed by atoms with Gasteiger partial charge >= 0.3 is 0 Å². The molecule has 0 spiro atoms. The maximum Gasteiger partial charge on any atom is 0.272 e. The predicted molar refractivity (Wildman–Crippen MR) is 86.4 cm³/mol. The van der Waals surface area contributed by atoms with Crippen LogP contribution in [0, 0.1) is 0 Å². The molecule has 0 saturated heterocycles. The SMILES string of the molecule is CC(C=Cc1ccc2c(c1)OCO2)=NNC(=O)c1cccnc1. The number of carbonyl (C=O) groups excluding carboxylic acids is 1. The van der Waals surface area contributed by atoms with Gasteiger partial charge in [0.25, 0.3) is 5.91 Å². The molecule has 2 aromatic rings. The summed E-state index contributed by atoms with van der Waals surface area (Å²) >= 11 is 0. The Kier molecular flexibility index (Phi) is 4.33. The molecule has 0 aliphatic carbocycles. The fraction of sp³-hybridized carbons (Fsp3) is 0.118. The van der Waals surface area contributed by atoms with E-state index in [9.17, 15) is 4.79 Å². The second-order valence-corrected chi connectivity index (χ2v) is 4.88. The number of fused-ring (bicyclic) bond motifs is 1. The lowest BCUT2D eigenvalue weighted by Gasteiger charge is -2.00. The van der Waals surface area contributed by atoms with Gasteiger partial charge in [-0.05, 0) is 42.8 Å². The van der Waals surface area contributed by atoms with Crippen molar-refractivity contribution in [3.63, 3.8) is 0 Å². The number of amides is 1. The van der Waals surface area contributed by atoms with Crippen molar-refractivity contribution in [1.82, 2.24) is 10.4 Å². The fourth-order valence-electron chi connectivity index (χ4n) is 1.97. The highest BCUT2D eigenvalue weighted by atomic mass is 16.7. The lowest BCUT2D eigenvalue weighted by molar-refractivity contribution is 0.0954. The summed E-state index contributed by atoms with van der Waals surface area (Å²) in [5.74, 6) is 1.18. The Labute approximate surface area is 133 Å². The van der Waals surface area contributed by atoms with Gasteiger partial charge < -0.3 is 9.47 Å². The van der Waals surface area contributed by atoms with E-state index < -0.39 is 0 Å². The number of hydrogen-bond acceptors (Lipinski definition) is 5. The van der Waals surface area contributed by atoms with Crippen LogP contribution in [0.5, 0.6) is 11.5 Å². The van der Waals surface area contributed by atoms with Crippen molar-refractivity contribution < 1.29 is 14.3 Å². The largest absolute Gasteiger partial charge is 0.454 e. The molecule has 1 amide bonds. The normalized spacial score (nSPS) is 13.3. The van der Waals surface area contributed by atoms with Crippen LogP contribution in [0.2, 0.25) is 0 Å². The molecule has 0 atom stereocenters. The molecule has 0 fully saturated rings. The summed E-state index contributed by atoms with van der Waals surface area (Å²) in [7, 11) is 0. The maximum atomic E-state index is 11.8. The number of nitrogens with one attached hydrogen (secondary N) is 1. The Hall–Kier alpha value is -3.15. The van der Waals surface area contributed by atoms with Gasteiger partial charge in [0.2, 0.25) is 6.79 Å². The van der Waals surface area contributed by atoms with E-state index in [2.05, 4.69) is 15.5 Å². The lowest BCUT2D eigenvalue weighted by Crippen LogP contribution is -2.18. The van der Waals surface area contributed by atoms with Gasteiger partial charge in [-0.3, -0.25) is 9.78 Å². The van der Waals surface area contributed by atoms with Crippen LogP contribution in [0.4, 0.5) is 0 Å². The molecule has 1 N–H and O–H groups in total. The van der Waals surface area contributed by atoms with Gasteiger partial charge in [0.1, 0.15) is 0 Å². The zero-order chi connectivity index (χ0) is 16.1. The molecule has 6 heteroatoms. The number of hydrazone groups is 1. The molecule has 0 saturated carbocycles. The molecule has 2 heterocycles. The first-order chi connectivity index (χ1) is 11.2. The molecule has 6 nitrogen and oxygen atoms in total. The van der Waals surface area contributed by atoms with Gasteiger partial charge in [-0.2, -0.15) is 5.10 Å². The van der Waals surface area contributed by atoms with Crippen molar-refractivity contribution in [2.45, 2.75) is 6.92 Å². The number of pyridine rings is 1. The molecule has 3 rings (SSSR count). The summed E-state index contributed by atoms with van der Waals surface area (Å²) < 4.78 is 10.6. The van der Waals surface area contributed by atoms with Crippen molar-refractivity contribution in [3.8, 4) is 11.5 Å². The molecule has 1 aromatic carbocycles. The van der Waals surface area contributed by atoms with Crippen molar-refractivity contribution >= 4 is 17.7 Å². The van der Waals surface area contributed by atoms with E-state index >= 15 is 0 Å². The van der Waals surface area contributed by atoms with E-state index in [4.69, 9.17) is 9.47 Å². The van der Waals surface area contributed by atoms with Crippen molar-refractivity contribution in [3.05, 3.63) is 59.9 Å². The topological polar surface area (TPSA) is 72.8 Å². The predicted octanol–water partition coefficient (Wildman–Crippen LogP) is 2.63. The van der Waals surface area contributed by atoms with Gasteiger partial charge in [0.05, 0.1) is 11.3 Å². The second-order valence-electron chi connectivity index (χ2n) is 4.88. The molecule has 1 aliphatic rings. The summed E-state index contributed by atoms with van der Waals surface area (Å²) in [6, 6.07) is 9.05. The number of ether oxygens (including phenoxy) is 2. The van der Waals surface area contributed by atoms with E-state index in [0.717, 1.165) is 17.1 Å². The lowest BCUT2D eigenvalue weighted by atomic mass is 10.2. The van der Waals surface area contributed by atoms with Gasteiger partial charge in [0.15, 0.2) is 11.5 Å². The van der Waals surface area contributed by atoms with Crippen LogP contribution in [-0.2, 0) is 0 Å². The van der Waals surface area contributed by atoms with Crippen LogP contribution in [-0.4, -0.2) is 23.4 Å². The Balaban J connectivity index is 1.62. The highest BCUT2D eigenvalue weighted by Crippen LogP contribution is 2.32. The summed E-state index contributed by atoms with van der Waals surface area (Å²) in [5, 5.41) is 4.03. The molecule has 1 aliphatic heterocycles. The van der Waals surface area contributed by atoms with Gasteiger partial charge in [0, 0.05) is 12.4 Å². The molecule has 116 valence electrons. The van der Waals surface area contributed by atoms with Crippen molar-refractivity contribution in [1.29, 1.82) is 0 Å². The number of nitrogens with zero attached hydrogens (tertiary/aromatic N) is 2. The zero-order valence-electron chi connectivity index (χ0n) is 12.5. The number of aromatic nitrogens is 1. The second kappa shape index (κ2) is 6.74. The van der Waals surface area contributed by atoms with Gasteiger partial charge in [-0.25, -0.2) is 5.43 Å². The minimum atomic E-state index is -0.297. The highest BCUT2D eigenvalue weighted by molar-refractivity contribution is 5.99. The van der Waals surface area contributed by atoms with Crippen LogP contribution >= 0.6 is 0 Å². The molecule has 0 radical (unpaired) electrons. The molecule has 0 unspecified atom stereocenters. The summed E-state index contributed by atoms with van der Waals surface area (Å²) in [6.45, 7) is 2.05. The van der Waals surface area contributed by atoms with E-state index in [-0.39, 0.29) is 12.7 Å². The van der Waals surface area contributed by atoms with Crippen LogP contribution in [0.3, 0.4) is 0 Å². The minimum absolute atomic E-state index is 0.253. The number of hydrogen-bond donors (Lipinski definition) is 1. The maximum absolute atomic E-state index is 11.8. The molecular weight excluding hydrogens is 294 g/mol. The molecule has 1 aromatic heterocycles. The average Bonchev–Trinajstić information content (AvgIpc) is 3.06. The quantitative estimate of drug-likeness (QED) is 0.696. The molecular formula is C17H15N3O3. The Morgan fingerprint density at radius 1 is 1.30 bits per heavy atom. The highest BCUT2D eigenvalue weighted by Gasteiger charge is 2.12. The fourth-order valence-corrected chi connectivity index (χ4v) is 1.97. The van der Waals surface area contributed by atoms with E-state index in [0.29, 0.717) is 11.3 Å². The number of benzene rings is 1. The minimum Gasteiger partial charge on any atom is -0.454 e. The van der Waals surface area contributed by atoms with E-state index in [1.165, 1.54) is 6.20 Å². The smallest absolute Gasteiger partial charge is 0.272 e. The van der Waals surface area contributed by atoms with E-state index in [1.807, 2.05) is 24.3 Å². The molecule has 0 bridgehead atoms. The average molecular weight is 309 g/mol. The van der Waals surface area contributed by atoms with Gasteiger partial charge in [-0.1, -0.05) is 12.1 Å². The number of carbonyl (C=O) groups is 1. The van der Waals surface area contributed by atoms with E-state index in [1.54, 1.807) is 31.3 Å². The Morgan fingerprint density at radius 3 is 3.00 bits per heavy atom. The number of rotatable bonds is 4. The third kappa shape index (κ3) is 3.74. The van der Waals surface area contributed by atoms with Crippen LogP contribution in [0.15, 0.2) is 53.9 Å². The Morgan fingerprint density at radius 2 is 2.17 bits per heavy atom. The summed E-state index contributed by atoms with van der Waals surface area (Å²) in [4.78, 5) is 15.7. The standard InChI is InChI=1S/C17H15N3O3/c1-12(19-20-17(21)14-3-2-8-18-10-14)4-5-13-6-7-15-16(9-13)23-11-22-15/h2-10H,11H2,1H3,(H,20,21). The third-order valence-electron chi connectivity index (χ3n) is 3.17. The summed E-state index contributed by atoms with van der Waals surface area (Å²) in [6.07, 6.45) is 6.79. The third-order valence-corrected chi connectivity index (χ3v) is 3.17. The zero-order valence-corrected chi connectivity index (χ0v) is 12.5. The number of allylic oxidation sites excluding steroid dienone is 1. The first-order valence-electron chi connectivity index (χ1n) is 7.05. The monoisotopic (exact) mass is 309 g/mol. The van der Waals surface area contributed by atoms with Crippen molar-refractivity contribution in [2.75, 3.05) is 6.79 Å². The first kappa shape index (κ1) is 14.8. The van der Waals surface area contributed by atoms with Crippen LogP contribution in [0.25, 0.3) is 6.08 Å². The van der Waals surface area contributed by atoms with Gasteiger partial charge in [-0.15, -0.1) is 0 Å². The van der Waals surface area contributed by atoms with Crippen molar-refractivity contribution in [2.24, 2.45) is 5.10 Å². The van der Waals surface area contributed by atoms with Crippen LogP contribution < -0.4 is 14.9 Å². The Bertz CT molecular complexity index is 770. The summed E-state index contributed by atoms with van der Waals surface area (Å²) in [5.41, 5.74) is 4.58.